The summed E-state index contributed by atoms with van der Waals surface area (Å²) < 4.78 is 0. The number of rotatable bonds is 2. The lowest BCUT2D eigenvalue weighted by atomic mass is 10.1. The fraction of sp³-hybridized carbons (Fsp3) is 0.333. The average Bonchev–Trinajstić information content (AvgIpc) is 2.59. The molecule has 74 valence electrons. The van der Waals surface area contributed by atoms with E-state index in [-0.39, 0.29) is 0 Å². The first-order valence-electron chi connectivity index (χ1n) is 5.00. The minimum absolute atomic E-state index is 0.407. The van der Waals surface area contributed by atoms with Crippen molar-refractivity contribution in [2.45, 2.75) is 26.4 Å². The minimum atomic E-state index is -0.407. The Labute approximate surface area is 83.6 Å². The predicted molar refractivity (Wildman–Crippen MR) is 58.3 cm³/mol. The number of nitrogens with one attached hydrogen (secondary N) is 1. The van der Waals surface area contributed by atoms with Gasteiger partial charge in [0.05, 0.1) is 6.10 Å². The van der Waals surface area contributed by atoms with Gasteiger partial charge in [0.15, 0.2) is 0 Å². The Morgan fingerprint density at radius 2 is 2.21 bits per heavy atom. The maximum absolute atomic E-state index is 9.55. The second-order valence-electron chi connectivity index (χ2n) is 3.65. The highest BCUT2D eigenvalue weighted by Crippen LogP contribution is 2.24. The second kappa shape index (κ2) is 3.46. The van der Waals surface area contributed by atoms with Crippen LogP contribution in [0.4, 0.5) is 0 Å². The SMILES string of the molecule is CCc1ccc2[nH]cc(C(C)O)c2c1. The van der Waals surface area contributed by atoms with Crippen molar-refractivity contribution in [1.29, 1.82) is 0 Å². The molecule has 1 aromatic heterocycles. The van der Waals surface area contributed by atoms with Crippen molar-refractivity contribution < 1.29 is 5.11 Å². The number of aryl methyl sites for hydroxylation is 1. The van der Waals surface area contributed by atoms with Gasteiger partial charge in [0.25, 0.3) is 0 Å². The van der Waals surface area contributed by atoms with Crippen LogP contribution in [0.3, 0.4) is 0 Å². The van der Waals surface area contributed by atoms with Crippen LogP contribution in [0.5, 0.6) is 0 Å². The van der Waals surface area contributed by atoms with Crippen LogP contribution in [0.2, 0.25) is 0 Å². The van der Waals surface area contributed by atoms with E-state index >= 15 is 0 Å². The molecule has 1 aromatic carbocycles. The van der Waals surface area contributed by atoms with Gasteiger partial charge in [-0.1, -0.05) is 13.0 Å². The van der Waals surface area contributed by atoms with E-state index < -0.39 is 6.10 Å². The predicted octanol–water partition coefficient (Wildman–Crippen LogP) is 2.78. The van der Waals surface area contributed by atoms with E-state index in [9.17, 15) is 5.11 Å². The van der Waals surface area contributed by atoms with Crippen LogP contribution in [-0.4, -0.2) is 10.1 Å². The molecule has 0 aliphatic heterocycles. The molecule has 2 aromatic rings. The molecule has 1 atom stereocenters. The van der Waals surface area contributed by atoms with E-state index in [4.69, 9.17) is 0 Å². The van der Waals surface area contributed by atoms with Gasteiger partial charge in [-0.3, -0.25) is 0 Å². The summed E-state index contributed by atoms with van der Waals surface area (Å²) in [7, 11) is 0. The lowest BCUT2D eigenvalue weighted by Crippen LogP contribution is -1.88. The Morgan fingerprint density at radius 1 is 1.43 bits per heavy atom. The van der Waals surface area contributed by atoms with Gasteiger partial charge in [-0.15, -0.1) is 0 Å². The zero-order valence-corrected chi connectivity index (χ0v) is 8.54. The summed E-state index contributed by atoms with van der Waals surface area (Å²) in [4.78, 5) is 3.16. The molecule has 0 fully saturated rings. The molecule has 2 N–H and O–H groups in total. The Bertz CT molecular complexity index is 443. The van der Waals surface area contributed by atoms with Crippen LogP contribution in [0.15, 0.2) is 24.4 Å². The van der Waals surface area contributed by atoms with Crippen molar-refractivity contribution in [2.24, 2.45) is 0 Å². The summed E-state index contributed by atoms with van der Waals surface area (Å²) in [5, 5.41) is 10.7. The molecule has 0 saturated heterocycles. The summed E-state index contributed by atoms with van der Waals surface area (Å²) in [6.07, 6.45) is 2.51. The fourth-order valence-electron chi connectivity index (χ4n) is 1.75. The number of hydrogen-bond donors (Lipinski definition) is 2. The molecule has 0 saturated carbocycles. The molecule has 0 aliphatic rings. The van der Waals surface area contributed by atoms with Crippen LogP contribution in [0.1, 0.15) is 31.1 Å². The van der Waals surface area contributed by atoms with E-state index in [0.717, 1.165) is 22.9 Å². The summed E-state index contributed by atoms with van der Waals surface area (Å²) in [6, 6.07) is 6.33. The standard InChI is InChI=1S/C12H15NO/c1-3-9-4-5-12-10(6-9)11(7-13-12)8(2)14/h4-8,13-14H,3H2,1-2H3. The lowest BCUT2D eigenvalue weighted by molar-refractivity contribution is 0.201. The molecule has 1 unspecified atom stereocenters. The van der Waals surface area contributed by atoms with Crippen molar-refractivity contribution >= 4 is 10.9 Å². The molecule has 2 rings (SSSR count). The van der Waals surface area contributed by atoms with Gasteiger partial charge in [-0.25, -0.2) is 0 Å². The molecule has 0 amide bonds. The molecule has 0 radical (unpaired) electrons. The molecule has 2 heteroatoms. The number of fused-ring (bicyclic) bond motifs is 1. The first-order valence-corrected chi connectivity index (χ1v) is 5.00. The zero-order chi connectivity index (χ0) is 10.1. The largest absolute Gasteiger partial charge is 0.389 e. The molecule has 0 aliphatic carbocycles. The third kappa shape index (κ3) is 1.42. The van der Waals surface area contributed by atoms with Crippen molar-refractivity contribution in [1.82, 2.24) is 4.98 Å². The topological polar surface area (TPSA) is 36.0 Å². The molecule has 0 spiro atoms. The van der Waals surface area contributed by atoms with Crippen LogP contribution in [0.25, 0.3) is 10.9 Å². The molecule has 14 heavy (non-hydrogen) atoms. The van der Waals surface area contributed by atoms with Gasteiger partial charge in [-0.05, 0) is 31.0 Å². The summed E-state index contributed by atoms with van der Waals surface area (Å²) in [5.74, 6) is 0. The highest BCUT2D eigenvalue weighted by molar-refractivity contribution is 5.84. The number of benzene rings is 1. The van der Waals surface area contributed by atoms with Gasteiger partial charge < -0.3 is 10.1 Å². The number of aliphatic hydroxyl groups excluding tert-OH is 1. The number of aliphatic hydroxyl groups is 1. The van der Waals surface area contributed by atoms with Crippen LogP contribution < -0.4 is 0 Å². The smallest absolute Gasteiger partial charge is 0.0782 e. The number of H-pyrrole nitrogens is 1. The number of aromatic nitrogens is 1. The maximum atomic E-state index is 9.55. The third-order valence-electron chi connectivity index (χ3n) is 2.64. The summed E-state index contributed by atoms with van der Waals surface area (Å²) in [5.41, 5.74) is 3.38. The molecule has 2 nitrogen and oxygen atoms in total. The van der Waals surface area contributed by atoms with Crippen molar-refractivity contribution in [2.75, 3.05) is 0 Å². The fourth-order valence-corrected chi connectivity index (χ4v) is 1.75. The highest BCUT2D eigenvalue weighted by atomic mass is 16.3. The van der Waals surface area contributed by atoms with Gasteiger partial charge in [-0.2, -0.15) is 0 Å². The van der Waals surface area contributed by atoms with E-state index in [1.54, 1.807) is 6.92 Å². The number of hydrogen-bond acceptors (Lipinski definition) is 1. The van der Waals surface area contributed by atoms with Crippen molar-refractivity contribution in [3.8, 4) is 0 Å². The number of aromatic amines is 1. The molecular formula is C12H15NO. The lowest BCUT2D eigenvalue weighted by Gasteiger charge is -2.02. The van der Waals surface area contributed by atoms with Crippen LogP contribution in [0, 0.1) is 0 Å². The third-order valence-corrected chi connectivity index (χ3v) is 2.64. The minimum Gasteiger partial charge on any atom is -0.389 e. The van der Waals surface area contributed by atoms with Gasteiger partial charge in [0, 0.05) is 22.7 Å². The normalized spacial score (nSPS) is 13.4. The molecule has 1 heterocycles. The zero-order valence-electron chi connectivity index (χ0n) is 8.54. The molecular weight excluding hydrogens is 174 g/mol. The first-order chi connectivity index (χ1) is 6.72. The maximum Gasteiger partial charge on any atom is 0.0782 e. The van der Waals surface area contributed by atoms with E-state index in [0.29, 0.717) is 0 Å². The quantitative estimate of drug-likeness (QED) is 0.748. The molecule has 0 bridgehead atoms. The second-order valence-corrected chi connectivity index (χ2v) is 3.65. The Kier molecular flexibility index (Phi) is 2.30. The van der Waals surface area contributed by atoms with E-state index in [1.807, 2.05) is 6.20 Å². The van der Waals surface area contributed by atoms with Crippen molar-refractivity contribution in [3.63, 3.8) is 0 Å². The van der Waals surface area contributed by atoms with Crippen LogP contribution >= 0.6 is 0 Å². The first kappa shape index (κ1) is 9.28. The monoisotopic (exact) mass is 189 g/mol. The van der Waals surface area contributed by atoms with Gasteiger partial charge >= 0.3 is 0 Å². The highest BCUT2D eigenvalue weighted by Gasteiger charge is 2.08. The Morgan fingerprint density at radius 3 is 2.86 bits per heavy atom. The van der Waals surface area contributed by atoms with Crippen molar-refractivity contribution in [3.05, 3.63) is 35.5 Å². The average molecular weight is 189 g/mol. The Balaban J connectivity index is 2.63. The van der Waals surface area contributed by atoms with E-state index in [1.165, 1.54) is 5.56 Å². The van der Waals surface area contributed by atoms with E-state index in [2.05, 4.69) is 30.1 Å². The Hall–Kier alpha value is -1.28. The van der Waals surface area contributed by atoms with Gasteiger partial charge in [0.2, 0.25) is 0 Å². The van der Waals surface area contributed by atoms with Gasteiger partial charge in [0.1, 0.15) is 0 Å². The summed E-state index contributed by atoms with van der Waals surface area (Å²) >= 11 is 0. The summed E-state index contributed by atoms with van der Waals surface area (Å²) in [6.45, 7) is 3.93. The van der Waals surface area contributed by atoms with Crippen LogP contribution in [-0.2, 0) is 6.42 Å².